The Bertz CT molecular complexity index is 1060. The maximum Gasteiger partial charge on any atom is 0.269 e. The zero-order chi connectivity index (χ0) is 22.5. The number of aryl methyl sites for hydroxylation is 1. The van der Waals surface area contributed by atoms with Crippen LogP contribution in [-0.4, -0.2) is 25.6 Å². The fourth-order valence-corrected chi connectivity index (χ4v) is 3.92. The number of amides is 1. The van der Waals surface area contributed by atoms with E-state index in [0.717, 1.165) is 11.1 Å². The van der Waals surface area contributed by atoms with E-state index in [1.54, 1.807) is 12.1 Å². The maximum absolute atomic E-state index is 12.7. The van der Waals surface area contributed by atoms with E-state index in [1.165, 1.54) is 23.9 Å². The number of nitrogens with one attached hydrogen (secondary N) is 1. The number of nitro groups is 1. The predicted molar refractivity (Wildman–Crippen MR) is 120 cm³/mol. The van der Waals surface area contributed by atoms with Crippen LogP contribution in [0.25, 0.3) is 0 Å². The van der Waals surface area contributed by atoms with Crippen LogP contribution in [-0.2, 0) is 12.8 Å². The molecular formula is C22H25N5O3S. The number of non-ortho nitro benzene ring substituents is 1. The Morgan fingerprint density at radius 1 is 1.13 bits per heavy atom. The number of aromatic nitrogens is 3. The minimum Gasteiger partial charge on any atom is -0.342 e. The van der Waals surface area contributed by atoms with Crippen molar-refractivity contribution in [2.24, 2.45) is 13.0 Å². The van der Waals surface area contributed by atoms with Gasteiger partial charge in [0.1, 0.15) is 0 Å². The summed E-state index contributed by atoms with van der Waals surface area (Å²) in [6.45, 7) is 6.03. The van der Waals surface area contributed by atoms with Crippen molar-refractivity contribution in [2.75, 3.05) is 0 Å². The molecule has 9 heteroatoms. The molecule has 0 spiro atoms. The molecule has 1 unspecified atom stereocenters. The number of benzene rings is 2. The highest BCUT2D eigenvalue weighted by atomic mass is 32.2. The summed E-state index contributed by atoms with van der Waals surface area (Å²) in [5.41, 5.74) is 2.72. The molecule has 3 rings (SSSR count). The summed E-state index contributed by atoms with van der Waals surface area (Å²) < 4.78 is 1.89. The average molecular weight is 440 g/mol. The van der Waals surface area contributed by atoms with Gasteiger partial charge in [0.05, 0.1) is 11.0 Å². The van der Waals surface area contributed by atoms with Gasteiger partial charge >= 0.3 is 0 Å². The molecule has 0 saturated heterocycles. The summed E-state index contributed by atoms with van der Waals surface area (Å²) in [7, 11) is 1.88. The molecule has 0 aliphatic heterocycles. The first kappa shape index (κ1) is 22.5. The van der Waals surface area contributed by atoms with E-state index >= 15 is 0 Å². The minimum atomic E-state index is -0.414. The van der Waals surface area contributed by atoms with Crippen molar-refractivity contribution in [1.82, 2.24) is 20.1 Å². The van der Waals surface area contributed by atoms with Crippen LogP contribution >= 0.6 is 11.8 Å². The highest BCUT2D eigenvalue weighted by Crippen LogP contribution is 2.27. The first-order chi connectivity index (χ1) is 14.8. The van der Waals surface area contributed by atoms with Crippen LogP contribution in [0.5, 0.6) is 0 Å². The van der Waals surface area contributed by atoms with Crippen LogP contribution in [0, 0.1) is 23.0 Å². The van der Waals surface area contributed by atoms with Crippen LogP contribution in [0.2, 0.25) is 0 Å². The van der Waals surface area contributed by atoms with Crippen molar-refractivity contribution in [3.63, 3.8) is 0 Å². The Kier molecular flexibility index (Phi) is 7.06. The fourth-order valence-electron chi connectivity index (χ4n) is 3.04. The summed E-state index contributed by atoms with van der Waals surface area (Å²) in [5, 5.41) is 23.2. The highest BCUT2D eigenvalue weighted by molar-refractivity contribution is 7.98. The van der Waals surface area contributed by atoms with Gasteiger partial charge in [-0.1, -0.05) is 55.4 Å². The maximum atomic E-state index is 12.7. The second-order valence-electron chi connectivity index (χ2n) is 7.67. The molecule has 31 heavy (non-hydrogen) atoms. The second kappa shape index (κ2) is 9.74. The van der Waals surface area contributed by atoms with Gasteiger partial charge in [0.2, 0.25) is 0 Å². The van der Waals surface area contributed by atoms with Gasteiger partial charge in [0.25, 0.3) is 11.6 Å². The zero-order valence-electron chi connectivity index (χ0n) is 17.9. The number of nitrogens with zero attached hydrogens (tertiary/aromatic N) is 4. The quantitative estimate of drug-likeness (QED) is 0.316. The van der Waals surface area contributed by atoms with Crippen LogP contribution in [0.3, 0.4) is 0 Å². The predicted octanol–water partition coefficient (Wildman–Crippen LogP) is 4.45. The van der Waals surface area contributed by atoms with E-state index < -0.39 is 4.92 Å². The molecule has 1 aromatic heterocycles. The van der Waals surface area contributed by atoms with E-state index in [1.807, 2.05) is 56.7 Å². The normalized spacial score (nSPS) is 12.0. The van der Waals surface area contributed by atoms with Gasteiger partial charge in [-0.05, 0) is 30.5 Å². The molecule has 1 heterocycles. The number of thioether (sulfide) groups is 1. The van der Waals surface area contributed by atoms with Crippen LogP contribution in [0.4, 0.5) is 5.69 Å². The van der Waals surface area contributed by atoms with E-state index in [0.29, 0.717) is 22.3 Å². The number of rotatable bonds is 8. The summed E-state index contributed by atoms with van der Waals surface area (Å²) in [5.74, 6) is 1.25. The molecule has 0 radical (unpaired) electrons. The first-order valence-corrected chi connectivity index (χ1v) is 10.9. The van der Waals surface area contributed by atoms with Crippen molar-refractivity contribution in [3.05, 3.63) is 81.2 Å². The molecule has 1 amide bonds. The van der Waals surface area contributed by atoms with Gasteiger partial charge in [-0.3, -0.25) is 14.9 Å². The highest BCUT2D eigenvalue weighted by Gasteiger charge is 2.25. The molecule has 0 saturated carbocycles. The van der Waals surface area contributed by atoms with Crippen molar-refractivity contribution in [1.29, 1.82) is 0 Å². The lowest BCUT2D eigenvalue weighted by Gasteiger charge is -2.21. The Morgan fingerprint density at radius 2 is 1.77 bits per heavy atom. The van der Waals surface area contributed by atoms with Crippen LogP contribution < -0.4 is 5.32 Å². The Hall–Kier alpha value is -3.20. The molecule has 0 aliphatic rings. The Balaban J connectivity index is 1.71. The average Bonchev–Trinajstić information content (AvgIpc) is 3.11. The lowest BCUT2D eigenvalue weighted by atomic mass is 10.0. The molecule has 0 bridgehead atoms. The van der Waals surface area contributed by atoms with Crippen LogP contribution in [0.15, 0.2) is 53.7 Å². The summed E-state index contributed by atoms with van der Waals surface area (Å²) in [6, 6.07) is 13.6. The smallest absolute Gasteiger partial charge is 0.269 e. The van der Waals surface area contributed by atoms with Crippen LogP contribution in [0.1, 0.15) is 47.2 Å². The Morgan fingerprint density at radius 3 is 2.35 bits per heavy atom. The largest absolute Gasteiger partial charge is 0.342 e. The lowest BCUT2D eigenvalue weighted by molar-refractivity contribution is -0.384. The van der Waals surface area contributed by atoms with Gasteiger partial charge in [-0.25, -0.2) is 0 Å². The molecule has 1 atom stereocenters. The van der Waals surface area contributed by atoms with Gasteiger partial charge in [-0.15, -0.1) is 10.2 Å². The molecule has 8 nitrogen and oxygen atoms in total. The molecule has 0 aliphatic carbocycles. The summed E-state index contributed by atoms with van der Waals surface area (Å²) in [4.78, 5) is 23.1. The van der Waals surface area contributed by atoms with Gasteiger partial charge in [0, 0.05) is 30.5 Å². The third kappa shape index (κ3) is 5.49. The van der Waals surface area contributed by atoms with E-state index in [-0.39, 0.29) is 23.6 Å². The van der Waals surface area contributed by atoms with Gasteiger partial charge < -0.3 is 9.88 Å². The van der Waals surface area contributed by atoms with E-state index in [2.05, 4.69) is 15.5 Å². The summed E-state index contributed by atoms with van der Waals surface area (Å²) in [6.07, 6.45) is 0. The van der Waals surface area contributed by atoms with Crippen molar-refractivity contribution in [2.45, 2.75) is 37.7 Å². The lowest BCUT2D eigenvalue weighted by Crippen LogP contribution is -2.33. The molecule has 162 valence electrons. The number of hydrogen-bond donors (Lipinski definition) is 1. The van der Waals surface area contributed by atoms with Gasteiger partial charge in [-0.2, -0.15) is 0 Å². The monoisotopic (exact) mass is 439 g/mol. The molecule has 2 aromatic carbocycles. The third-order valence-electron chi connectivity index (χ3n) is 4.93. The number of carbonyl (C=O) groups is 1. The summed E-state index contributed by atoms with van der Waals surface area (Å²) >= 11 is 1.49. The SMILES string of the molecule is Cc1ccc(C(=O)NC(c2nnc(SCc3ccc([N+](=O)[O-])cc3)n2C)C(C)C)cc1. The fraction of sp³-hybridized carbons (Fsp3) is 0.318. The third-order valence-corrected chi connectivity index (χ3v) is 6.02. The first-order valence-electron chi connectivity index (χ1n) is 9.89. The molecular weight excluding hydrogens is 414 g/mol. The zero-order valence-corrected chi connectivity index (χ0v) is 18.7. The topological polar surface area (TPSA) is 103 Å². The van der Waals surface area contributed by atoms with E-state index in [9.17, 15) is 14.9 Å². The molecule has 0 fully saturated rings. The number of carbonyl (C=O) groups excluding carboxylic acids is 1. The second-order valence-corrected chi connectivity index (χ2v) is 8.62. The molecule has 1 N–H and O–H groups in total. The number of hydrogen-bond acceptors (Lipinski definition) is 6. The standard InChI is InChI=1S/C22H25N5O3S/c1-14(2)19(23-21(28)17-9-5-15(3)6-10-17)20-24-25-22(26(20)4)31-13-16-7-11-18(12-8-16)27(29)30/h5-12,14,19H,13H2,1-4H3,(H,23,28). The van der Waals surface area contributed by atoms with E-state index in [4.69, 9.17) is 0 Å². The Labute approximate surface area is 185 Å². The van der Waals surface area contributed by atoms with Crippen molar-refractivity contribution in [3.8, 4) is 0 Å². The minimum absolute atomic E-state index is 0.0683. The van der Waals surface area contributed by atoms with Crippen molar-refractivity contribution < 1.29 is 9.72 Å². The number of nitro benzene ring substituents is 1. The van der Waals surface area contributed by atoms with Crippen molar-refractivity contribution >= 4 is 23.4 Å². The van der Waals surface area contributed by atoms with Gasteiger partial charge in [0.15, 0.2) is 11.0 Å². The molecule has 3 aromatic rings.